The van der Waals surface area contributed by atoms with Crippen LogP contribution in [0.25, 0.3) is 0 Å². The molecule has 17 heavy (non-hydrogen) atoms. The van der Waals surface area contributed by atoms with E-state index in [1.165, 1.54) is 48.1 Å². The van der Waals surface area contributed by atoms with Crippen LogP contribution in [-0.4, -0.2) is 6.10 Å². The molecule has 0 bridgehead atoms. The number of hydrogen-bond acceptors (Lipinski definition) is 1. The molecule has 0 spiro atoms. The fourth-order valence-electron chi connectivity index (χ4n) is 3.35. The van der Waals surface area contributed by atoms with Gasteiger partial charge in [-0.05, 0) is 38.2 Å². The zero-order chi connectivity index (χ0) is 11.8. The maximum Gasteiger partial charge on any atom is 0.126 e. The topological polar surface area (TPSA) is 9.23 Å². The fourth-order valence-corrected chi connectivity index (χ4v) is 3.35. The summed E-state index contributed by atoms with van der Waals surface area (Å²) >= 11 is 0. The molecule has 0 saturated heterocycles. The van der Waals surface area contributed by atoms with Gasteiger partial charge in [0.1, 0.15) is 11.9 Å². The largest absolute Gasteiger partial charge is 0.489 e. The molecule has 0 unspecified atom stereocenters. The van der Waals surface area contributed by atoms with Crippen molar-refractivity contribution in [2.75, 3.05) is 0 Å². The summed E-state index contributed by atoms with van der Waals surface area (Å²) in [4.78, 5) is 0. The first kappa shape index (κ1) is 10.9. The van der Waals surface area contributed by atoms with E-state index in [0.29, 0.717) is 12.0 Å². The molecular weight excluding hydrogens is 208 g/mol. The van der Waals surface area contributed by atoms with Crippen molar-refractivity contribution < 1.29 is 4.74 Å². The number of ether oxygens (including phenoxy) is 1. The van der Waals surface area contributed by atoms with Crippen LogP contribution in [0.1, 0.15) is 48.3 Å². The Kier molecular flexibility index (Phi) is 2.70. The van der Waals surface area contributed by atoms with Gasteiger partial charge in [0, 0.05) is 11.5 Å². The molecule has 0 aromatic heterocycles. The average Bonchev–Trinajstić information content (AvgIpc) is 2.69. The van der Waals surface area contributed by atoms with Crippen molar-refractivity contribution in [1.29, 1.82) is 0 Å². The Balaban J connectivity index is 2.05. The smallest absolute Gasteiger partial charge is 0.126 e. The predicted octanol–water partition coefficient (Wildman–Crippen LogP) is 4.14. The van der Waals surface area contributed by atoms with Gasteiger partial charge < -0.3 is 4.74 Å². The van der Waals surface area contributed by atoms with Crippen LogP contribution in [0, 0.1) is 6.92 Å². The zero-order valence-electron chi connectivity index (χ0n) is 10.5. The minimum absolute atomic E-state index is 0.448. The van der Waals surface area contributed by atoms with E-state index in [0.717, 1.165) is 6.42 Å². The Bertz CT molecular complexity index is 447. The summed E-state index contributed by atoms with van der Waals surface area (Å²) in [5, 5.41) is 0. The molecule has 1 nitrogen and oxygen atoms in total. The van der Waals surface area contributed by atoms with Gasteiger partial charge in [0.05, 0.1) is 0 Å². The molecule has 2 atom stereocenters. The van der Waals surface area contributed by atoms with Crippen LogP contribution < -0.4 is 4.74 Å². The highest BCUT2D eigenvalue weighted by molar-refractivity contribution is 5.50. The second-order valence-electron chi connectivity index (χ2n) is 5.38. The predicted molar refractivity (Wildman–Crippen MR) is 70.7 cm³/mol. The van der Waals surface area contributed by atoms with Crippen molar-refractivity contribution in [3.05, 3.63) is 41.5 Å². The number of benzene rings is 1. The van der Waals surface area contributed by atoms with Crippen molar-refractivity contribution in [3.63, 3.8) is 0 Å². The van der Waals surface area contributed by atoms with E-state index in [9.17, 15) is 0 Å². The van der Waals surface area contributed by atoms with Gasteiger partial charge in [-0.25, -0.2) is 0 Å². The lowest BCUT2D eigenvalue weighted by molar-refractivity contribution is 0.163. The first-order chi connectivity index (χ1) is 8.29. The Labute approximate surface area is 103 Å². The second kappa shape index (κ2) is 4.21. The molecule has 0 amide bonds. The lowest BCUT2D eigenvalue weighted by Gasteiger charge is -2.23. The first-order valence-corrected chi connectivity index (χ1v) is 6.70. The van der Waals surface area contributed by atoms with E-state index in [2.05, 4.69) is 25.6 Å². The van der Waals surface area contributed by atoms with Crippen LogP contribution in [0.4, 0.5) is 0 Å². The van der Waals surface area contributed by atoms with E-state index >= 15 is 0 Å². The molecule has 2 aliphatic rings. The standard InChI is InChI=1S/C16H20O/c1-3-6-12-9-11(2)10-14-13-7-4-5-8-15(13)17-16(12)14/h3,9-10,13,15H,1,4-8H2,2H3/t13-,15+/m1/s1. The highest BCUT2D eigenvalue weighted by atomic mass is 16.5. The maximum atomic E-state index is 6.20. The second-order valence-corrected chi connectivity index (χ2v) is 5.38. The van der Waals surface area contributed by atoms with Gasteiger partial charge in [0.2, 0.25) is 0 Å². The summed E-state index contributed by atoms with van der Waals surface area (Å²) in [6, 6.07) is 4.58. The summed E-state index contributed by atoms with van der Waals surface area (Å²) in [5.74, 6) is 1.83. The summed E-state index contributed by atoms with van der Waals surface area (Å²) in [6.07, 6.45) is 8.55. The van der Waals surface area contributed by atoms with Crippen molar-refractivity contribution >= 4 is 0 Å². The van der Waals surface area contributed by atoms with E-state index < -0.39 is 0 Å². The maximum absolute atomic E-state index is 6.20. The molecule has 1 aliphatic carbocycles. The summed E-state index contributed by atoms with van der Waals surface area (Å²) in [7, 11) is 0. The third-order valence-corrected chi connectivity index (χ3v) is 4.07. The number of allylic oxidation sites excluding steroid dienone is 1. The van der Waals surface area contributed by atoms with Crippen LogP contribution in [0.15, 0.2) is 24.8 Å². The Morgan fingerprint density at radius 2 is 2.18 bits per heavy atom. The molecule has 0 N–H and O–H groups in total. The SMILES string of the molecule is C=CCc1cc(C)cc2c1O[C@H]1CCCC[C@H]21. The van der Waals surface area contributed by atoms with Gasteiger partial charge in [-0.2, -0.15) is 0 Å². The molecule has 1 fully saturated rings. The lowest BCUT2D eigenvalue weighted by atomic mass is 9.82. The number of hydrogen-bond donors (Lipinski definition) is 0. The van der Waals surface area contributed by atoms with Gasteiger partial charge in [0.25, 0.3) is 0 Å². The number of rotatable bonds is 2. The first-order valence-electron chi connectivity index (χ1n) is 6.70. The molecule has 0 radical (unpaired) electrons. The van der Waals surface area contributed by atoms with Crippen LogP contribution in [0.2, 0.25) is 0 Å². The van der Waals surface area contributed by atoms with Crippen LogP contribution in [0.3, 0.4) is 0 Å². The summed E-state index contributed by atoms with van der Waals surface area (Å²) in [6.45, 7) is 6.03. The number of fused-ring (bicyclic) bond motifs is 3. The van der Waals surface area contributed by atoms with E-state index in [4.69, 9.17) is 4.74 Å². The van der Waals surface area contributed by atoms with Gasteiger partial charge in [-0.15, -0.1) is 6.58 Å². The molecule has 1 heterocycles. The Hall–Kier alpha value is -1.24. The van der Waals surface area contributed by atoms with Crippen molar-refractivity contribution in [2.45, 2.75) is 51.0 Å². The molecule has 1 aromatic rings. The molecule has 3 rings (SSSR count). The van der Waals surface area contributed by atoms with Crippen LogP contribution >= 0.6 is 0 Å². The third-order valence-electron chi connectivity index (χ3n) is 4.07. The zero-order valence-corrected chi connectivity index (χ0v) is 10.5. The molecular formula is C16H20O. The third kappa shape index (κ3) is 1.78. The normalized spacial score (nSPS) is 25.9. The number of aryl methyl sites for hydroxylation is 1. The van der Waals surface area contributed by atoms with E-state index in [1.807, 2.05) is 6.08 Å². The molecule has 1 saturated carbocycles. The lowest BCUT2D eigenvalue weighted by Crippen LogP contribution is -2.22. The highest BCUT2D eigenvalue weighted by Gasteiger charge is 2.37. The monoisotopic (exact) mass is 228 g/mol. The van der Waals surface area contributed by atoms with Gasteiger partial charge in [-0.3, -0.25) is 0 Å². The molecule has 90 valence electrons. The summed E-state index contributed by atoms with van der Waals surface area (Å²) in [5.41, 5.74) is 4.14. The van der Waals surface area contributed by atoms with Gasteiger partial charge >= 0.3 is 0 Å². The average molecular weight is 228 g/mol. The Morgan fingerprint density at radius 3 is 3.00 bits per heavy atom. The summed E-state index contributed by atoms with van der Waals surface area (Å²) < 4.78 is 6.20. The van der Waals surface area contributed by atoms with E-state index in [-0.39, 0.29) is 0 Å². The fraction of sp³-hybridized carbons (Fsp3) is 0.500. The van der Waals surface area contributed by atoms with E-state index in [1.54, 1.807) is 0 Å². The van der Waals surface area contributed by atoms with Crippen LogP contribution in [0.5, 0.6) is 5.75 Å². The minimum atomic E-state index is 0.448. The Morgan fingerprint density at radius 1 is 1.35 bits per heavy atom. The van der Waals surface area contributed by atoms with Crippen molar-refractivity contribution in [2.24, 2.45) is 0 Å². The quantitative estimate of drug-likeness (QED) is 0.691. The minimum Gasteiger partial charge on any atom is -0.489 e. The van der Waals surface area contributed by atoms with Crippen molar-refractivity contribution in [3.8, 4) is 5.75 Å². The molecule has 1 heteroatoms. The molecule has 1 aromatic carbocycles. The van der Waals surface area contributed by atoms with Crippen molar-refractivity contribution in [1.82, 2.24) is 0 Å². The van der Waals surface area contributed by atoms with Crippen LogP contribution in [-0.2, 0) is 6.42 Å². The van der Waals surface area contributed by atoms with Gasteiger partial charge in [-0.1, -0.05) is 30.2 Å². The molecule has 1 aliphatic heterocycles. The van der Waals surface area contributed by atoms with Gasteiger partial charge in [0.15, 0.2) is 0 Å². The highest BCUT2D eigenvalue weighted by Crippen LogP contribution is 2.47.